The number of allylic oxidation sites excluding steroid dienone is 3. The van der Waals surface area contributed by atoms with Gasteiger partial charge in [0.1, 0.15) is 11.6 Å². The summed E-state index contributed by atoms with van der Waals surface area (Å²) in [5.74, 6) is -8.60. The first kappa shape index (κ1) is 20.7. The number of carbonyl (C=O) groups excluding carboxylic acids is 1. The number of halogens is 4. The zero-order valence-corrected chi connectivity index (χ0v) is 15.5. The van der Waals surface area contributed by atoms with Crippen molar-refractivity contribution in [1.29, 1.82) is 5.26 Å². The lowest BCUT2D eigenvalue weighted by atomic mass is 9.84. The van der Waals surface area contributed by atoms with Crippen molar-refractivity contribution < 1.29 is 22.4 Å². The van der Waals surface area contributed by atoms with Crippen LogP contribution in [0.4, 0.5) is 17.6 Å². The van der Waals surface area contributed by atoms with Crippen molar-refractivity contribution >= 4 is 5.91 Å². The minimum Gasteiger partial charge on any atom is -0.334 e. The number of hydrogen-bond acceptors (Lipinski definition) is 2. The van der Waals surface area contributed by atoms with E-state index in [1.165, 1.54) is 17.1 Å². The fourth-order valence-electron chi connectivity index (χ4n) is 3.35. The zero-order chi connectivity index (χ0) is 20.5. The van der Waals surface area contributed by atoms with Crippen LogP contribution in [0.1, 0.15) is 51.2 Å². The first-order valence-corrected chi connectivity index (χ1v) is 8.58. The number of hydrogen-bond donors (Lipinski definition) is 0. The monoisotopic (exact) mass is 380 g/mol. The maximum atomic E-state index is 14.5. The summed E-state index contributed by atoms with van der Waals surface area (Å²) in [5, 5.41) is 8.74. The summed E-state index contributed by atoms with van der Waals surface area (Å²) < 4.78 is 57.1. The Labute approximate surface area is 155 Å². The summed E-state index contributed by atoms with van der Waals surface area (Å²) in [6.45, 7) is 7.20. The Hall–Kier alpha value is -2.62. The molecule has 1 amide bonds. The van der Waals surface area contributed by atoms with E-state index in [0.717, 1.165) is 6.07 Å². The summed E-state index contributed by atoms with van der Waals surface area (Å²) >= 11 is 0. The molecule has 1 atom stereocenters. The van der Waals surface area contributed by atoms with Crippen molar-refractivity contribution in [3.8, 4) is 6.07 Å². The number of nitriles is 1. The molecule has 7 heteroatoms. The van der Waals surface area contributed by atoms with Gasteiger partial charge in [-0.25, -0.2) is 17.6 Å². The molecule has 0 saturated heterocycles. The van der Waals surface area contributed by atoms with Crippen LogP contribution in [0.5, 0.6) is 0 Å². The van der Waals surface area contributed by atoms with Crippen molar-refractivity contribution in [2.24, 2.45) is 0 Å². The third kappa shape index (κ3) is 3.61. The molecule has 1 aliphatic rings. The molecule has 0 saturated carbocycles. The fraction of sp³-hybridized carbons (Fsp3) is 0.400. The lowest BCUT2D eigenvalue weighted by molar-refractivity contribution is -0.130. The molecule has 27 heavy (non-hydrogen) atoms. The highest BCUT2D eigenvalue weighted by molar-refractivity contribution is 5.96. The minimum absolute atomic E-state index is 0.0428. The Balaban J connectivity index is 2.63. The molecule has 0 fully saturated rings. The van der Waals surface area contributed by atoms with Crippen molar-refractivity contribution in [3.05, 3.63) is 58.2 Å². The maximum absolute atomic E-state index is 14.5. The van der Waals surface area contributed by atoms with Gasteiger partial charge in [-0.1, -0.05) is 18.2 Å². The van der Waals surface area contributed by atoms with Crippen molar-refractivity contribution in [2.75, 3.05) is 0 Å². The number of benzene rings is 1. The summed E-state index contributed by atoms with van der Waals surface area (Å²) in [6, 6.07) is 0.748. The second-order valence-corrected chi connectivity index (χ2v) is 6.86. The van der Waals surface area contributed by atoms with E-state index in [2.05, 4.69) is 0 Å². The lowest BCUT2D eigenvalue weighted by Gasteiger charge is -2.34. The molecule has 0 aromatic heterocycles. The Bertz CT molecular complexity index is 829. The summed E-state index contributed by atoms with van der Waals surface area (Å²) in [5.41, 5.74) is -2.19. The van der Waals surface area contributed by atoms with Crippen LogP contribution in [0, 0.1) is 34.6 Å². The van der Waals surface area contributed by atoms with Crippen LogP contribution in [0.15, 0.2) is 23.8 Å². The number of rotatable bonds is 4. The van der Waals surface area contributed by atoms with Gasteiger partial charge in [-0.05, 0) is 34.1 Å². The largest absolute Gasteiger partial charge is 0.334 e. The van der Waals surface area contributed by atoms with Crippen LogP contribution in [-0.2, 0) is 4.79 Å². The van der Waals surface area contributed by atoms with Gasteiger partial charge in [0.05, 0.1) is 0 Å². The van der Waals surface area contributed by atoms with Gasteiger partial charge in [-0.2, -0.15) is 5.26 Å². The molecular weight excluding hydrogens is 360 g/mol. The van der Waals surface area contributed by atoms with E-state index in [1.54, 1.807) is 33.8 Å². The fourth-order valence-corrected chi connectivity index (χ4v) is 3.35. The first-order valence-electron chi connectivity index (χ1n) is 8.58. The van der Waals surface area contributed by atoms with Crippen LogP contribution in [-0.4, -0.2) is 22.9 Å². The van der Waals surface area contributed by atoms with Gasteiger partial charge in [0.15, 0.2) is 23.3 Å². The Kier molecular flexibility index (Phi) is 6.09. The first-order chi connectivity index (χ1) is 12.6. The zero-order valence-electron chi connectivity index (χ0n) is 15.5. The molecule has 3 nitrogen and oxygen atoms in total. The second-order valence-electron chi connectivity index (χ2n) is 6.86. The van der Waals surface area contributed by atoms with E-state index in [9.17, 15) is 22.4 Å². The molecule has 0 heterocycles. The Morgan fingerprint density at radius 3 is 2.04 bits per heavy atom. The number of carbonyl (C=O) groups is 1. The van der Waals surface area contributed by atoms with E-state index >= 15 is 0 Å². The quantitative estimate of drug-likeness (QED) is 0.431. The predicted octanol–water partition coefficient (Wildman–Crippen LogP) is 4.73. The second kappa shape index (κ2) is 7.95. The third-order valence-electron chi connectivity index (χ3n) is 4.45. The number of amides is 1. The van der Waals surface area contributed by atoms with E-state index in [0.29, 0.717) is 6.42 Å². The standard InChI is InChI=1S/C20H20F4N2O/c1-10(2)26(11(3)4)20(27)13-8-6-5-7-12(13)15-18(23)16(21)14(9-25)17(22)19(15)24/h5,7-8,10-12H,6H2,1-4H3. The molecule has 1 aliphatic carbocycles. The molecule has 1 aromatic carbocycles. The highest BCUT2D eigenvalue weighted by atomic mass is 19.2. The van der Waals surface area contributed by atoms with E-state index in [1.807, 2.05) is 0 Å². The smallest absolute Gasteiger partial charge is 0.250 e. The van der Waals surface area contributed by atoms with Crippen molar-refractivity contribution in [3.63, 3.8) is 0 Å². The maximum Gasteiger partial charge on any atom is 0.250 e. The van der Waals surface area contributed by atoms with Gasteiger partial charge in [0.2, 0.25) is 0 Å². The third-order valence-corrected chi connectivity index (χ3v) is 4.45. The Morgan fingerprint density at radius 2 is 1.59 bits per heavy atom. The molecule has 0 radical (unpaired) electrons. The van der Waals surface area contributed by atoms with Gasteiger partial charge in [0, 0.05) is 29.1 Å². The average Bonchev–Trinajstić information content (AvgIpc) is 2.60. The topological polar surface area (TPSA) is 44.1 Å². The van der Waals surface area contributed by atoms with Crippen LogP contribution < -0.4 is 0 Å². The normalized spacial score (nSPS) is 16.5. The van der Waals surface area contributed by atoms with Crippen LogP contribution in [0.2, 0.25) is 0 Å². The highest BCUT2D eigenvalue weighted by Gasteiger charge is 2.35. The molecule has 1 unspecified atom stereocenters. The van der Waals surface area contributed by atoms with Gasteiger partial charge in [-0.15, -0.1) is 0 Å². The van der Waals surface area contributed by atoms with E-state index in [4.69, 9.17) is 5.26 Å². The van der Waals surface area contributed by atoms with Gasteiger partial charge < -0.3 is 4.90 Å². The summed E-state index contributed by atoms with van der Waals surface area (Å²) in [4.78, 5) is 14.6. The SMILES string of the molecule is CC(C)N(C(=O)C1=CCC=CC1c1c(F)c(F)c(C#N)c(F)c1F)C(C)C. The van der Waals surface area contributed by atoms with Crippen molar-refractivity contribution in [2.45, 2.75) is 52.1 Å². The molecule has 0 spiro atoms. The summed E-state index contributed by atoms with van der Waals surface area (Å²) in [6.07, 6.45) is 4.76. The molecule has 2 rings (SSSR count). The van der Waals surface area contributed by atoms with E-state index < -0.39 is 46.2 Å². The van der Waals surface area contributed by atoms with E-state index in [-0.39, 0.29) is 17.7 Å². The number of nitrogens with zero attached hydrogens (tertiary/aromatic N) is 2. The molecule has 1 aromatic rings. The highest BCUT2D eigenvalue weighted by Crippen LogP contribution is 2.37. The average molecular weight is 380 g/mol. The van der Waals surface area contributed by atoms with Crippen LogP contribution >= 0.6 is 0 Å². The molecule has 0 N–H and O–H groups in total. The summed E-state index contributed by atoms with van der Waals surface area (Å²) in [7, 11) is 0. The van der Waals surface area contributed by atoms with Crippen LogP contribution in [0.25, 0.3) is 0 Å². The molecular formula is C20H20F4N2O. The molecule has 0 aliphatic heterocycles. The minimum atomic E-state index is -1.76. The van der Waals surface area contributed by atoms with Crippen molar-refractivity contribution in [1.82, 2.24) is 4.90 Å². The van der Waals surface area contributed by atoms with Gasteiger partial charge >= 0.3 is 0 Å². The molecule has 144 valence electrons. The van der Waals surface area contributed by atoms with Gasteiger partial charge in [-0.3, -0.25) is 4.79 Å². The Morgan fingerprint density at radius 1 is 1.07 bits per heavy atom. The van der Waals surface area contributed by atoms with Crippen LogP contribution in [0.3, 0.4) is 0 Å². The molecule has 0 bridgehead atoms. The predicted molar refractivity (Wildman–Crippen MR) is 92.7 cm³/mol. The lowest BCUT2D eigenvalue weighted by Crippen LogP contribution is -2.43. The van der Waals surface area contributed by atoms with Gasteiger partial charge in [0.25, 0.3) is 5.91 Å².